The summed E-state index contributed by atoms with van der Waals surface area (Å²) in [6.07, 6.45) is 2.08. The van der Waals surface area contributed by atoms with Crippen LogP contribution in [0.5, 0.6) is 5.75 Å². The Morgan fingerprint density at radius 2 is 1.66 bits per heavy atom. The van der Waals surface area contributed by atoms with Crippen molar-refractivity contribution in [2.75, 3.05) is 6.61 Å². The van der Waals surface area contributed by atoms with Gasteiger partial charge in [-0.2, -0.15) is 0 Å². The van der Waals surface area contributed by atoms with Crippen molar-refractivity contribution < 1.29 is 14.3 Å². The summed E-state index contributed by atoms with van der Waals surface area (Å²) in [5.41, 5.74) is 0.638. The van der Waals surface area contributed by atoms with Gasteiger partial charge in [0.1, 0.15) is 11.8 Å². The number of rotatable bonds is 12. The summed E-state index contributed by atoms with van der Waals surface area (Å²) in [6.45, 7) is 6.43. The molecule has 0 spiro atoms. The van der Waals surface area contributed by atoms with E-state index < -0.39 is 6.04 Å². The summed E-state index contributed by atoms with van der Waals surface area (Å²) in [5.74, 6) is 0.460. The Balaban J connectivity index is 2.14. The van der Waals surface area contributed by atoms with Crippen molar-refractivity contribution in [1.29, 1.82) is 0 Å². The number of halogens is 2. The van der Waals surface area contributed by atoms with Gasteiger partial charge in [-0.3, -0.25) is 9.59 Å². The number of benzene rings is 2. The molecule has 0 saturated heterocycles. The minimum atomic E-state index is -0.612. The molecule has 0 aromatic heterocycles. The number of nitrogens with zero attached hydrogens (tertiary/aromatic N) is 1. The lowest BCUT2D eigenvalue weighted by Gasteiger charge is -2.32. The molecule has 2 rings (SSSR count). The first-order chi connectivity index (χ1) is 15.4. The molecule has 32 heavy (non-hydrogen) atoms. The van der Waals surface area contributed by atoms with Crippen LogP contribution in [0.2, 0.25) is 10.0 Å². The van der Waals surface area contributed by atoms with E-state index in [1.54, 1.807) is 23.1 Å². The summed E-state index contributed by atoms with van der Waals surface area (Å²) >= 11 is 12.7. The average molecular weight is 479 g/mol. The molecular weight excluding hydrogens is 447 g/mol. The number of nitrogens with one attached hydrogen (secondary N) is 1. The molecule has 0 heterocycles. The Morgan fingerprint density at radius 3 is 2.25 bits per heavy atom. The normalized spacial score (nSPS) is 12.7. The third-order valence-electron chi connectivity index (χ3n) is 5.32. The number of ether oxygens (including phenoxy) is 1. The van der Waals surface area contributed by atoms with Gasteiger partial charge in [0.25, 0.3) is 0 Å². The van der Waals surface area contributed by atoms with Crippen molar-refractivity contribution in [2.24, 2.45) is 0 Å². The topological polar surface area (TPSA) is 58.6 Å². The van der Waals surface area contributed by atoms with Crippen molar-refractivity contribution in [3.63, 3.8) is 0 Å². The Bertz CT molecular complexity index is 856. The highest BCUT2D eigenvalue weighted by molar-refractivity contribution is 6.36. The minimum absolute atomic E-state index is 0.0247. The van der Waals surface area contributed by atoms with Crippen LogP contribution in [0.4, 0.5) is 0 Å². The molecule has 0 aliphatic carbocycles. The number of amides is 2. The third kappa shape index (κ3) is 7.72. The van der Waals surface area contributed by atoms with E-state index in [9.17, 15) is 9.59 Å². The zero-order chi connectivity index (χ0) is 23.5. The second-order valence-corrected chi connectivity index (χ2v) is 8.54. The zero-order valence-electron chi connectivity index (χ0n) is 18.9. The van der Waals surface area contributed by atoms with Crippen molar-refractivity contribution in [3.05, 3.63) is 64.1 Å². The Hall–Kier alpha value is -2.24. The van der Waals surface area contributed by atoms with Gasteiger partial charge in [0, 0.05) is 34.6 Å². The molecule has 2 atom stereocenters. The van der Waals surface area contributed by atoms with E-state index in [2.05, 4.69) is 5.32 Å². The molecule has 2 amide bonds. The van der Waals surface area contributed by atoms with Gasteiger partial charge < -0.3 is 15.0 Å². The van der Waals surface area contributed by atoms with Crippen molar-refractivity contribution >= 4 is 35.0 Å². The molecule has 2 aromatic rings. The third-order valence-corrected chi connectivity index (χ3v) is 6.03. The maximum Gasteiger partial charge on any atom is 0.243 e. The lowest BCUT2D eigenvalue weighted by molar-refractivity contribution is -0.141. The van der Waals surface area contributed by atoms with Gasteiger partial charge in [-0.1, -0.05) is 61.3 Å². The maximum atomic E-state index is 13.2. The fourth-order valence-corrected chi connectivity index (χ4v) is 3.81. The quantitative estimate of drug-likeness (QED) is 0.387. The largest absolute Gasteiger partial charge is 0.494 e. The Labute approximate surface area is 201 Å². The smallest absolute Gasteiger partial charge is 0.243 e. The SMILES string of the molecule is CC[C@@H](C)NC(=O)[C@H](CC)N(Cc1c(Cl)cccc1Cl)C(=O)CCCOc1ccccc1. The van der Waals surface area contributed by atoms with Crippen LogP contribution in [0.25, 0.3) is 0 Å². The molecule has 0 aliphatic heterocycles. The van der Waals surface area contributed by atoms with E-state index in [-0.39, 0.29) is 30.8 Å². The molecule has 0 unspecified atom stereocenters. The van der Waals surface area contributed by atoms with Crippen LogP contribution < -0.4 is 10.1 Å². The first kappa shape index (κ1) is 26.0. The van der Waals surface area contributed by atoms with Gasteiger partial charge in [0.05, 0.1) is 6.61 Å². The van der Waals surface area contributed by atoms with Crippen molar-refractivity contribution in [3.8, 4) is 5.75 Å². The lowest BCUT2D eigenvalue weighted by Crippen LogP contribution is -2.50. The Morgan fingerprint density at radius 1 is 1.00 bits per heavy atom. The molecule has 0 saturated carbocycles. The monoisotopic (exact) mass is 478 g/mol. The van der Waals surface area contributed by atoms with E-state index in [0.717, 1.165) is 12.2 Å². The van der Waals surface area contributed by atoms with Crippen LogP contribution in [0.15, 0.2) is 48.5 Å². The van der Waals surface area contributed by atoms with Gasteiger partial charge in [-0.15, -0.1) is 0 Å². The highest BCUT2D eigenvalue weighted by atomic mass is 35.5. The molecule has 0 fully saturated rings. The zero-order valence-corrected chi connectivity index (χ0v) is 20.5. The van der Waals surface area contributed by atoms with Crippen LogP contribution in [0.3, 0.4) is 0 Å². The van der Waals surface area contributed by atoms with E-state index in [4.69, 9.17) is 27.9 Å². The van der Waals surface area contributed by atoms with Crippen LogP contribution in [-0.4, -0.2) is 35.4 Å². The molecule has 0 bridgehead atoms. The highest BCUT2D eigenvalue weighted by Crippen LogP contribution is 2.27. The number of carbonyl (C=O) groups excluding carboxylic acids is 2. The van der Waals surface area contributed by atoms with Gasteiger partial charge >= 0.3 is 0 Å². The van der Waals surface area contributed by atoms with Crippen molar-refractivity contribution in [2.45, 2.75) is 65.1 Å². The van der Waals surface area contributed by atoms with E-state index in [1.165, 1.54) is 0 Å². The first-order valence-electron chi connectivity index (χ1n) is 11.1. The van der Waals surface area contributed by atoms with Gasteiger partial charge in [-0.25, -0.2) is 0 Å². The summed E-state index contributed by atoms with van der Waals surface area (Å²) in [5, 5.41) is 3.94. The molecular formula is C25H32Cl2N2O3. The van der Waals surface area contributed by atoms with E-state index >= 15 is 0 Å². The number of carbonyl (C=O) groups is 2. The number of hydrogen-bond acceptors (Lipinski definition) is 3. The van der Waals surface area contributed by atoms with E-state index in [1.807, 2.05) is 51.1 Å². The molecule has 2 aromatic carbocycles. The average Bonchev–Trinajstić information content (AvgIpc) is 2.78. The molecule has 1 N–H and O–H groups in total. The van der Waals surface area contributed by atoms with Crippen molar-refractivity contribution in [1.82, 2.24) is 10.2 Å². The maximum absolute atomic E-state index is 13.2. The second kappa shape index (κ2) is 13.3. The Kier molecular flexibility index (Phi) is 10.8. The summed E-state index contributed by atoms with van der Waals surface area (Å²) in [6, 6.07) is 14.1. The summed E-state index contributed by atoms with van der Waals surface area (Å²) < 4.78 is 5.70. The first-order valence-corrected chi connectivity index (χ1v) is 11.8. The van der Waals surface area contributed by atoms with Gasteiger partial charge in [0.2, 0.25) is 11.8 Å². The number of hydrogen-bond donors (Lipinski definition) is 1. The predicted octanol–water partition coefficient (Wildman–Crippen LogP) is 5.87. The van der Waals surface area contributed by atoms with Crippen LogP contribution in [-0.2, 0) is 16.1 Å². The molecule has 0 aliphatic rings. The molecule has 174 valence electrons. The van der Waals surface area contributed by atoms with Gasteiger partial charge in [0.15, 0.2) is 0 Å². The lowest BCUT2D eigenvalue weighted by atomic mass is 10.1. The van der Waals surface area contributed by atoms with Crippen LogP contribution in [0, 0.1) is 0 Å². The van der Waals surface area contributed by atoms with Crippen LogP contribution in [0.1, 0.15) is 52.0 Å². The fourth-order valence-electron chi connectivity index (χ4n) is 3.29. The highest BCUT2D eigenvalue weighted by Gasteiger charge is 2.30. The molecule has 5 nitrogen and oxygen atoms in total. The standard InChI is InChI=1S/C25H32Cl2N2O3/c1-4-18(3)28-25(31)23(5-2)29(17-20-21(26)13-9-14-22(20)27)24(30)15-10-16-32-19-11-7-6-8-12-19/h6-9,11-14,18,23H,4-5,10,15-17H2,1-3H3,(H,28,31)/t18-,23+/m1/s1. The minimum Gasteiger partial charge on any atom is -0.494 e. The second-order valence-electron chi connectivity index (χ2n) is 7.73. The van der Waals surface area contributed by atoms with E-state index in [0.29, 0.717) is 35.1 Å². The fraction of sp³-hybridized carbons (Fsp3) is 0.440. The van der Waals surface area contributed by atoms with Crippen LogP contribution >= 0.6 is 23.2 Å². The summed E-state index contributed by atoms with van der Waals surface area (Å²) in [7, 11) is 0. The van der Waals surface area contributed by atoms with Gasteiger partial charge in [-0.05, 0) is 50.5 Å². The molecule has 0 radical (unpaired) electrons. The summed E-state index contributed by atoms with van der Waals surface area (Å²) in [4.78, 5) is 27.8. The molecule has 7 heteroatoms. The number of para-hydroxylation sites is 1. The predicted molar refractivity (Wildman–Crippen MR) is 130 cm³/mol.